The maximum Gasteiger partial charge on any atom is 0.133 e. The molecule has 6 rings (SSSR count). The fraction of sp³-hybridized carbons (Fsp3) is 0.268. The first-order valence-electron chi connectivity index (χ1n) is 16.2. The zero-order chi connectivity index (χ0) is 31.9. The summed E-state index contributed by atoms with van der Waals surface area (Å²) in [5.74, 6) is 0.787. The van der Waals surface area contributed by atoms with E-state index in [2.05, 4.69) is 72.8 Å². The molecule has 1 saturated heterocycles. The maximum absolute atomic E-state index is 6.95. The summed E-state index contributed by atoms with van der Waals surface area (Å²) >= 11 is 1.74. The molecule has 0 aromatic heterocycles. The molecule has 1 aliphatic rings. The molecule has 47 heavy (non-hydrogen) atoms. The maximum atomic E-state index is 6.95. The Morgan fingerprint density at radius 2 is 0.915 bits per heavy atom. The van der Waals surface area contributed by atoms with Crippen LogP contribution in [0.25, 0.3) is 0 Å². The minimum atomic E-state index is -0.424. The molecule has 0 N–H and O–H groups in total. The van der Waals surface area contributed by atoms with Crippen LogP contribution in [-0.4, -0.2) is 36.5 Å². The van der Waals surface area contributed by atoms with E-state index in [9.17, 15) is 0 Å². The second kappa shape index (κ2) is 18.0. The molecule has 1 heterocycles. The third-order valence-electron chi connectivity index (χ3n) is 8.10. The van der Waals surface area contributed by atoms with Gasteiger partial charge in [-0.2, -0.15) is 0 Å². The van der Waals surface area contributed by atoms with Gasteiger partial charge in [0.1, 0.15) is 29.9 Å². The number of benzene rings is 5. The van der Waals surface area contributed by atoms with E-state index in [0.29, 0.717) is 33.0 Å². The first-order valence-corrected chi connectivity index (χ1v) is 17.3. The molecule has 0 bridgehead atoms. The van der Waals surface area contributed by atoms with Crippen molar-refractivity contribution in [2.75, 3.05) is 6.61 Å². The van der Waals surface area contributed by atoms with E-state index in [1.165, 1.54) is 5.56 Å². The zero-order valence-corrected chi connectivity index (χ0v) is 27.3. The summed E-state index contributed by atoms with van der Waals surface area (Å²) in [4.78, 5) is 0. The smallest absolute Gasteiger partial charge is 0.133 e. The second-order valence-corrected chi connectivity index (χ2v) is 12.7. The molecule has 0 amide bonds. The number of thioether (sulfide) groups is 1. The van der Waals surface area contributed by atoms with Crippen LogP contribution in [0.15, 0.2) is 152 Å². The number of hydrogen-bond donors (Lipinski definition) is 0. The molecular formula is C41H42O5S. The first-order chi connectivity index (χ1) is 23.3. The molecule has 5 aromatic carbocycles. The van der Waals surface area contributed by atoms with E-state index in [0.717, 1.165) is 28.0 Å². The summed E-state index contributed by atoms with van der Waals surface area (Å²) in [5.41, 5.74) is 5.35. The first kappa shape index (κ1) is 33.2. The van der Waals surface area contributed by atoms with Crippen LogP contribution in [0.5, 0.6) is 0 Å². The Labute approximate surface area is 282 Å². The van der Waals surface area contributed by atoms with Gasteiger partial charge < -0.3 is 23.7 Å². The monoisotopic (exact) mass is 646 g/mol. The summed E-state index contributed by atoms with van der Waals surface area (Å²) in [6.07, 6.45) is -1.56. The van der Waals surface area contributed by atoms with Gasteiger partial charge in [0.25, 0.3) is 0 Å². The van der Waals surface area contributed by atoms with Crippen LogP contribution in [0.4, 0.5) is 0 Å². The van der Waals surface area contributed by atoms with Crippen LogP contribution in [-0.2, 0) is 55.9 Å². The van der Waals surface area contributed by atoms with Crippen molar-refractivity contribution >= 4 is 11.8 Å². The lowest BCUT2D eigenvalue weighted by molar-refractivity contribution is -0.138. The summed E-state index contributed by atoms with van der Waals surface area (Å²) in [6, 6.07) is 51.4. The van der Waals surface area contributed by atoms with Gasteiger partial charge in [0.05, 0.1) is 33.0 Å². The predicted molar refractivity (Wildman–Crippen MR) is 188 cm³/mol. The van der Waals surface area contributed by atoms with E-state index < -0.39 is 18.3 Å². The molecule has 1 fully saturated rings. The van der Waals surface area contributed by atoms with Crippen LogP contribution < -0.4 is 0 Å². The Kier molecular flexibility index (Phi) is 12.7. The highest BCUT2D eigenvalue weighted by Gasteiger charge is 2.50. The van der Waals surface area contributed by atoms with E-state index in [4.69, 9.17) is 23.7 Å². The summed E-state index contributed by atoms with van der Waals surface area (Å²) in [7, 11) is 0. The van der Waals surface area contributed by atoms with Crippen molar-refractivity contribution in [1.29, 1.82) is 0 Å². The van der Waals surface area contributed by atoms with Gasteiger partial charge in [0, 0.05) is 5.75 Å². The molecule has 5 aromatic rings. The van der Waals surface area contributed by atoms with Gasteiger partial charge in [0.2, 0.25) is 0 Å². The van der Waals surface area contributed by atoms with Gasteiger partial charge in [-0.05, 0) is 27.8 Å². The van der Waals surface area contributed by atoms with Crippen molar-refractivity contribution in [1.82, 2.24) is 0 Å². The highest BCUT2D eigenvalue weighted by Crippen LogP contribution is 2.38. The topological polar surface area (TPSA) is 46.2 Å². The Morgan fingerprint density at radius 1 is 0.489 bits per heavy atom. The van der Waals surface area contributed by atoms with Crippen molar-refractivity contribution in [2.45, 2.75) is 62.0 Å². The van der Waals surface area contributed by atoms with Crippen LogP contribution in [0.3, 0.4) is 0 Å². The summed E-state index contributed by atoms with van der Waals surface area (Å²) < 4.78 is 33.4. The average Bonchev–Trinajstić information content (AvgIpc) is 3.49. The summed E-state index contributed by atoms with van der Waals surface area (Å²) in [5, 5.41) is 0. The Hall–Kier alpha value is -3.75. The predicted octanol–water partition coefficient (Wildman–Crippen LogP) is 8.62. The quantitative estimate of drug-likeness (QED) is 0.101. The van der Waals surface area contributed by atoms with Crippen LogP contribution in [0, 0.1) is 0 Å². The molecule has 0 saturated carbocycles. The summed E-state index contributed by atoms with van der Waals surface area (Å²) in [6.45, 7) is 2.15. The highest BCUT2D eigenvalue weighted by atomic mass is 32.2. The van der Waals surface area contributed by atoms with E-state index in [1.807, 2.05) is 78.9 Å². The molecule has 0 unspecified atom stereocenters. The van der Waals surface area contributed by atoms with Crippen molar-refractivity contribution < 1.29 is 23.7 Å². The molecule has 6 heteroatoms. The van der Waals surface area contributed by atoms with Crippen LogP contribution >= 0.6 is 11.8 Å². The highest BCUT2D eigenvalue weighted by molar-refractivity contribution is 7.99. The van der Waals surface area contributed by atoms with Gasteiger partial charge >= 0.3 is 0 Å². The van der Waals surface area contributed by atoms with Crippen LogP contribution in [0.1, 0.15) is 27.8 Å². The Bertz CT molecular complexity index is 1560. The van der Waals surface area contributed by atoms with Gasteiger partial charge in [-0.1, -0.05) is 152 Å². The third-order valence-corrected chi connectivity index (χ3v) is 9.31. The van der Waals surface area contributed by atoms with Crippen molar-refractivity contribution in [3.63, 3.8) is 0 Å². The average molecular weight is 647 g/mol. The van der Waals surface area contributed by atoms with Crippen molar-refractivity contribution in [2.24, 2.45) is 0 Å². The van der Waals surface area contributed by atoms with Gasteiger partial charge in [-0.15, -0.1) is 11.8 Å². The van der Waals surface area contributed by atoms with Gasteiger partial charge in [-0.3, -0.25) is 0 Å². The van der Waals surface area contributed by atoms with Crippen molar-refractivity contribution in [3.05, 3.63) is 179 Å². The number of ether oxygens (including phenoxy) is 5. The number of hydrogen-bond acceptors (Lipinski definition) is 6. The largest absolute Gasteiger partial charge is 0.374 e. The molecule has 5 atom stereocenters. The van der Waals surface area contributed by atoms with E-state index >= 15 is 0 Å². The van der Waals surface area contributed by atoms with E-state index in [1.54, 1.807) is 11.8 Å². The third kappa shape index (κ3) is 10.1. The lowest BCUT2D eigenvalue weighted by atomic mass is 10.1. The van der Waals surface area contributed by atoms with Gasteiger partial charge in [-0.25, -0.2) is 0 Å². The molecular weight excluding hydrogens is 605 g/mol. The number of rotatable bonds is 17. The normalized spacial score (nSPS) is 19.8. The fourth-order valence-corrected chi connectivity index (χ4v) is 6.80. The molecule has 0 aliphatic carbocycles. The standard InChI is InChI=1S/C41H42O5S/c1-6-16-32(17-7-1)26-42-30-37(43-27-33-18-8-2-9-19-33)38-39(44-28-34-20-10-3-11-21-34)40(45-29-35-22-12-4-13-23-35)41(46-38)47-31-36-24-14-5-15-25-36/h1-25,37-41H,26-31H2/t37-,38+,39+,40-,41+/m1/s1. The zero-order valence-electron chi connectivity index (χ0n) is 26.5. The van der Waals surface area contributed by atoms with Crippen molar-refractivity contribution in [3.8, 4) is 0 Å². The second-order valence-electron chi connectivity index (χ2n) is 11.6. The molecule has 242 valence electrons. The fourth-order valence-electron chi connectivity index (χ4n) is 5.62. The minimum absolute atomic E-state index is 0.276. The molecule has 1 aliphatic heterocycles. The molecule has 0 spiro atoms. The minimum Gasteiger partial charge on any atom is -0.374 e. The Balaban J connectivity index is 1.26. The van der Waals surface area contributed by atoms with E-state index in [-0.39, 0.29) is 11.5 Å². The molecule has 0 radical (unpaired) electrons. The SMILES string of the molecule is c1ccc(COC[C@@H](OCc2ccccc2)[C@@H]2O[C@@H](SCc3ccccc3)[C@H](OCc3ccccc3)[C@H]2OCc2ccccc2)cc1. The van der Waals surface area contributed by atoms with Gasteiger partial charge in [0.15, 0.2) is 0 Å². The lowest BCUT2D eigenvalue weighted by Crippen LogP contribution is -2.44. The lowest BCUT2D eigenvalue weighted by Gasteiger charge is -2.29. The molecule has 5 nitrogen and oxygen atoms in total. The van der Waals surface area contributed by atoms with Crippen LogP contribution in [0.2, 0.25) is 0 Å². The Morgan fingerprint density at radius 3 is 1.43 bits per heavy atom.